The van der Waals surface area contributed by atoms with Crippen molar-refractivity contribution in [2.75, 3.05) is 13.7 Å². The van der Waals surface area contributed by atoms with Crippen LogP contribution in [0.2, 0.25) is 0 Å². The second-order valence-corrected chi connectivity index (χ2v) is 5.01. The molecule has 0 bridgehead atoms. The third-order valence-electron chi connectivity index (χ3n) is 2.48. The number of amides is 1. The molecule has 0 spiro atoms. The first-order chi connectivity index (χ1) is 7.51. The highest BCUT2D eigenvalue weighted by Crippen LogP contribution is 2.32. The highest BCUT2D eigenvalue weighted by atomic mass is 32.2. The van der Waals surface area contributed by atoms with Crippen LogP contribution in [0.4, 0.5) is 0 Å². The Bertz CT molecular complexity index is 250. The molecule has 0 unspecified atom stereocenters. The van der Waals surface area contributed by atoms with Crippen molar-refractivity contribution in [1.82, 2.24) is 5.32 Å². The maximum absolute atomic E-state index is 11.0. The molecule has 0 radical (unpaired) electrons. The van der Waals surface area contributed by atoms with Crippen LogP contribution in [0.3, 0.4) is 0 Å². The molecule has 1 saturated heterocycles. The lowest BCUT2D eigenvalue weighted by Gasteiger charge is -2.41. The van der Waals surface area contributed by atoms with E-state index in [2.05, 4.69) is 5.32 Å². The van der Waals surface area contributed by atoms with Gasteiger partial charge in [0, 0.05) is 14.0 Å². The van der Waals surface area contributed by atoms with Crippen molar-refractivity contribution < 1.29 is 24.9 Å². The summed E-state index contributed by atoms with van der Waals surface area (Å²) in [6.07, 6.45) is -2.23. The molecular weight excluding hydrogens is 234 g/mol. The third-order valence-corrected chi connectivity index (χ3v) is 4.01. The molecule has 4 N–H and O–H groups in total. The summed E-state index contributed by atoms with van der Waals surface area (Å²) in [5.41, 5.74) is -0.487. The Morgan fingerprint density at radius 3 is 2.50 bits per heavy atom. The Labute approximate surface area is 98.0 Å². The van der Waals surface area contributed by atoms with E-state index in [4.69, 9.17) is 9.84 Å². The molecule has 1 aliphatic heterocycles. The smallest absolute Gasteiger partial charge is 0.217 e. The Balaban J connectivity index is 2.77. The van der Waals surface area contributed by atoms with Crippen molar-refractivity contribution >= 4 is 17.7 Å². The van der Waals surface area contributed by atoms with E-state index >= 15 is 0 Å². The maximum atomic E-state index is 11.0. The molecule has 7 heteroatoms. The zero-order chi connectivity index (χ0) is 12.3. The first-order valence-electron chi connectivity index (χ1n) is 4.93. The van der Waals surface area contributed by atoms with Crippen LogP contribution in [0.25, 0.3) is 0 Å². The molecule has 0 aliphatic carbocycles. The van der Waals surface area contributed by atoms with Gasteiger partial charge < -0.3 is 25.4 Å². The predicted octanol–water partition coefficient (Wildman–Crippen LogP) is -1.71. The number of carbonyl (C=O) groups excluding carboxylic acids is 1. The lowest BCUT2D eigenvalue weighted by molar-refractivity contribution is -0.123. The van der Waals surface area contributed by atoms with Gasteiger partial charge in [0.2, 0.25) is 5.91 Å². The van der Waals surface area contributed by atoms with Crippen LogP contribution >= 0.6 is 11.8 Å². The molecule has 5 atom stereocenters. The molecule has 94 valence electrons. The van der Waals surface area contributed by atoms with E-state index in [9.17, 15) is 15.0 Å². The third kappa shape index (κ3) is 2.86. The fourth-order valence-corrected chi connectivity index (χ4v) is 2.93. The average Bonchev–Trinajstić information content (AvgIpc) is 2.25. The van der Waals surface area contributed by atoms with Crippen molar-refractivity contribution in [2.45, 2.75) is 35.9 Å². The van der Waals surface area contributed by atoms with Gasteiger partial charge in [0.05, 0.1) is 24.0 Å². The SMILES string of the molecule is CO[C@@H]1S[C@H](CO)[C@@H](O)[C@H](O)[C@H]1NC(C)=O. The summed E-state index contributed by atoms with van der Waals surface area (Å²) < 4.78 is 5.12. The fourth-order valence-electron chi connectivity index (χ4n) is 1.67. The van der Waals surface area contributed by atoms with Gasteiger partial charge in [-0.2, -0.15) is 0 Å². The van der Waals surface area contributed by atoms with Gasteiger partial charge in [-0.1, -0.05) is 0 Å². The normalized spacial score (nSPS) is 39.4. The Kier molecular flexibility index (Phi) is 5.00. The maximum Gasteiger partial charge on any atom is 0.217 e. The molecule has 1 amide bonds. The van der Waals surface area contributed by atoms with Crippen LogP contribution in [0.15, 0.2) is 0 Å². The van der Waals surface area contributed by atoms with Crippen LogP contribution in [-0.4, -0.2) is 63.9 Å². The summed E-state index contributed by atoms with van der Waals surface area (Å²) >= 11 is 1.20. The number of carbonyl (C=O) groups is 1. The Morgan fingerprint density at radius 1 is 1.44 bits per heavy atom. The largest absolute Gasteiger partial charge is 0.395 e. The zero-order valence-corrected chi connectivity index (χ0v) is 9.98. The molecule has 0 saturated carbocycles. The standard InChI is InChI=1S/C9H17NO5S/c1-4(12)10-6-8(14)7(13)5(3-11)16-9(6)15-2/h5-9,11,13-14H,3H2,1-2H3,(H,10,12)/t5-,6-,7-,8-,9-/m1/s1. The van der Waals surface area contributed by atoms with E-state index in [-0.39, 0.29) is 12.5 Å². The van der Waals surface area contributed by atoms with Crippen LogP contribution < -0.4 is 5.32 Å². The summed E-state index contributed by atoms with van der Waals surface area (Å²) in [5, 5.41) is 30.6. The van der Waals surface area contributed by atoms with E-state index in [0.717, 1.165) is 0 Å². The van der Waals surface area contributed by atoms with Crippen molar-refractivity contribution in [3.63, 3.8) is 0 Å². The van der Waals surface area contributed by atoms with Gasteiger partial charge in [0.15, 0.2) is 0 Å². The molecule has 1 fully saturated rings. The second kappa shape index (κ2) is 5.83. The zero-order valence-electron chi connectivity index (χ0n) is 9.16. The first-order valence-corrected chi connectivity index (χ1v) is 5.88. The number of thioether (sulfide) groups is 1. The number of hydrogen-bond donors (Lipinski definition) is 4. The van der Waals surface area contributed by atoms with Crippen molar-refractivity contribution in [3.05, 3.63) is 0 Å². The lowest BCUT2D eigenvalue weighted by atomic mass is 10.0. The number of aliphatic hydroxyl groups excluding tert-OH is 3. The lowest BCUT2D eigenvalue weighted by Crippen LogP contribution is -2.60. The second-order valence-electron chi connectivity index (χ2n) is 3.67. The van der Waals surface area contributed by atoms with Gasteiger partial charge in [-0.15, -0.1) is 11.8 Å². The Hall–Kier alpha value is -0.340. The molecule has 1 heterocycles. The molecular formula is C9H17NO5S. The van der Waals surface area contributed by atoms with Crippen LogP contribution in [0, 0.1) is 0 Å². The first kappa shape index (κ1) is 13.7. The average molecular weight is 251 g/mol. The molecule has 0 aromatic carbocycles. The molecule has 16 heavy (non-hydrogen) atoms. The van der Waals surface area contributed by atoms with E-state index in [0.29, 0.717) is 0 Å². The number of ether oxygens (including phenoxy) is 1. The number of methoxy groups -OCH3 is 1. The van der Waals surface area contributed by atoms with Gasteiger partial charge in [0.1, 0.15) is 11.5 Å². The molecule has 0 aromatic heterocycles. The van der Waals surface area contributed by atoms with Gasteiger partial charge >= 0.3 is 0 Å². The number of rotatable bonds is 3. The number of nitrogens with one attached hydrogen (secondary N) is 1. The van der Waals surface area contributed by atoms with E-state index in [1.165, 1.54) is 25.8 Å². The summed E-state index contributed by atoms with van der Waals surface area (Å²) in [6, 6.07) is -0.676. The van der Waals surface area contributed by atoms with Crippen LogP contribution in [0.5, 0.6) is 0 Å². The minimum absolute atomic E-state index is 0.254. The highest BCUT2D eigenvalue weighted by Gasteiger charge is 2.44. The van der Waals surface area contributed by atoms with Crippen molar-refractivity contribution in [2.24, 2.45) is 0 Å². The van der Waals surface area contributed by atoms with E-state index in [1.54, 1.807) is 0 Å². The quantitative estimate of drug-likeness (QED) is 0.477. The minimum Gasteiger partial charge on any atom is -0.395 e. The summed E-state index contributed by atoms with van der Waals surface area (Å²) in [4.78, 5) is 11.0. The monoisotopic (exact) mass is 251 g/mol. The van der Waals surface area contributed by atoms with Gasteiger partial charge in [-0.05, 0) is 0 Å². The molecule has 0 aromatic rings. The minimum atomic E-state index is -1.15. The number of aliphatic hydroxyl groups is 3. The molecule has 1 rings (SSSR count). The van der Waals surface area contributed by atoms with Gasteiger partial charge in [0.25, 0.3) is 0 Å². The predicted molar refractivity (Wildman–Crippen MR) is 58.9 cm³/mol. The summed E-state index contributed by atoms with van der Waals surface area (Å²) in [5.74, 6) is -0.304. The van der Waals surface area contributed by atoms with Crippen molar-refractivity contribution in [3.8, 4) is 0 Å². The van der Waals surface area contributed by atoms with Gasteiger partial charge in [-0.25, -0.2) is 0 Å². The van der Waals surface area contributed by atoms with E-state index < -0.39 is 28.9 Å². The Morgan fingerprint density at radius 2 is 2.06 bits per heavy atom. The van der Waals surface area contributed by atoms with Gasteiger partial charge in [-0.3, -0.25) is 4.79 Å². The fraction of sp³-hybridized carbons (Fsp3) is 0.889. The summed E-state index contributed by atoms with van der Waals surface area (Å²) in [7, 11) is 1.45. The van der Waals surface area contributed by atoms with Crippen LogP contribution in [0.1, 0.15) is 6.92 Å². The van der Waals surface area contributed by atoms with Crippen molar-refractivity contribution in [1.29, 1.82) is 0 Å². The number of hydrogen-bond acceptors (Lipinski definition) is 6. The highest BCUT2D eigenvalue weighted by molar-refractivity contribution is 8.00. The summed E-state index contributed by atoms with van der Waals surface area (Å²) in [6.45, 7) is 1.07. The van der Waals surface area contributed by atoms with E-state index in [1.807, 2.05) is 0 Å². The molecule has 1 aliphatic rings. The topological polar surface area (TPSA) is 99.0 Å². The molecule has 6 nitrogen and oxygen atoms in total. The van der Waals surface area contributed by atoms with Crippen LogP contribution in [-0.2, 0) is 9.53 Å².